The third kappa shape index (κ3) is 6.64. The van der Waals surface area contributed by atoms with Crippen LogP contribution in [0, 0.1) is 0 Å². The van der Waals surface area contributed by atoms with Crippen molar-refractivity contribution in [3.63, 3.8) is 0 Å². The Morgan fingerprint density at radius 2 is 1.53 bits per heavy atom. The number of hydrogen-bond acceptors (Lipinski definition) is 3. The largest absolute Gasteiger partial charge is 0.493 e. The first-order valence-corrected chi connectivity index (χ1v) is 10.1. The monoisotopic (exact) mass is 405 g/mol. The van der Waals surface area contributed by atoms with E-state index in [0.717, 1.165) is 21.6 Å². The molecule has 3 aromatic rings. The zero-order valence-electron chi connectivity index (χ0n) is 17.6. The fraction of sp³-hybridized carbons (Fsp3) is 0.240. The molecule has 30 heavy (non-hydrogen) atoms. The molecule has 0 saturated carbocycles. The van der Waals surface area contributed by atoms with E-state index in [-0.39, 0.29) is 5.91 Å². The predicted molar refractivity (Wildman–Crippen MR) is 118 cm³/mol. The Labute approximate surface area is 178 Å². The number of ether oxygens (including phenoxy) is 2. The number of methoxy groups -OCH3 is 1. The van der Waals surface area contributed by atoms with E-state index in [1.54, 1.807) is 7.11 Å². The van der Waals surface area contributed by atoms with Crippen LogP contribution in [-0.4, -0.2) is 26.6 Å². The Bertz CT molecular complexity index is 930. The third-order valence-electron chi connectivity index (χ3n) is 4.77. The van der Waals surface area contributed by atoms with Gasteiger partial charge in [-0.05, 0) is 29.3 Å². The lowest BCUT2D eigenvalue weighted by molar-refractivity contribution is -0.885. The molecule has 0 aromatic heterocycles. The molecule has 0 spiro atoms. The maximum Gasteiger partial charge on any atom is 0.275 e. The van der Waals surface area contributed by atoms with Gasteiger partial charge in [0.15, 0.2) is 18.0 Å². The van der Waals surface area contributed by atoms with Crippen molar-refractivity contribution in [3.05, 3.63) is 95.6 Å². The van der Waals surface area contributed by atoms with E-state index < -0.39 is 0 Å². The summed E-state index contributed by atoms with van der Waals surface area (Å²) in [4.78, 5) is 13.3. The number of rotatable bonds is 10. The summed E-state index contributed by atoms with van der Waals surface area (Å²) in [6.45, 7) is 2.16. The number of carbonyl (C=O) groups is 1. The number of amides is 1. The highest BCUT2D eigenvalue weighted by Gasteiger charge is 2.13. The topological polar surface area (TPSA) is 52.0 Å². The molecule has 5 heteroatoms. The molecule has 1 unspecified atom stereocenters. The van der Waals surface area contributed by atoms with Gasteiger partial charge in [-0.2, -0.15) is 0 Å². The van der Waals surface area contributed by atoms with Crippen LogP contribution < -0.4 is 19.7 Å². The Hall–Kier alpha value is -3.31. The minimum Gasteiger partial charge on any atom is -0.493 e. The molecule has 1 atom stereocenters. The van der Waals surface area contributed by atoms with Crippen LogP contribution in [0.25, 0.3) is 0 Å². The second-order valence-electron chi connectivity index (χ2n) is 7.33. The van der Waals surface area contributed by atoms with Crippen molar-refractivity contribution in [2.24, 2.45) is 0 Å². The molecule has 0 aliphatic carbocycles. The number of likely N-dealkylation sites (N-methyl/N-ethyl adjacent to an activating group) is 1. The molecule has 0 radical (unpaired) electrons. The molecule has 5 nitrogen and oxygen atoms in total. The first-order valence-electron chi connectivity index (χ1n) is 10.1. The lowest BCUT2D eigenvalue weighted by Crippen LogP contribution is -3.08. The Balaban J connectivity index is 1.50. The fourth-order valence-corrected chi connectivity index (χ4v) is 3.22. The summed E-state index contributed by atoms with van der Waals surface area (Å²) in [7, 11) is 3.65. The molecular weight excluding hydrogens is 376 g/mol. The minimum atomic E-state index is 0.0335. The summed E-state index contributed by atoms with van der Waals surface area (Å²) in [6, 6.07) is 25.9. The lowest BCUT2D eigenvalue weighted by Gasteiger charge is -2.16. The summed E-state index contributed by atoms with van der Waals surface area (Å²) < 4.78 is 11.4. The highest BCUT2D eigenvalue weighted by atomic mass is 16.5. The molecule has 0 heterocycles. The van der Waals surface area contributed by atoms with Gasteiger partial charge in [0, 0.05) is 12.1 Å². The van der Waals surface area contributed by atoms with Crippen LogP contribution in [0.1, 0.15) is 16.7 Å². The van der Waals surface area contributed by atoms with E-state index >= 15 is 0 Å². The van der Waals surface area contributed by atoms with E-state index in [1.165, 1.54) is 0 Å². The Morgan fingerprint density at radius 1 is 0.867 bits per heavy atom. The zero-order valence-corrected chi connectivity index (χ0v) is 17.6. The average molecular weight is 406 g/mol. The van der Waals surface area contributed by atoms with Gasteiger partial charge in [-0.15, -0.1) is 0 Å². The normalized spacial score (nSPS) is 11.5. The van der Waals surface area contributed by atoms with Crippen LogP contribution in [0.4, 0.5) is 0 Å². The molecule has 0 bridgehead atoms. The van der Waals surface area contributed by atoms with Crippen molar-refractivity contribution < 1.29 is 19.2 Å². The number of hydrogen-bond donors (Lipinski definition) is 2. The standard InChI is InChI=1S/C25H28N2O3/c1-27(18-25(28)26-16-20-9-5-3-6-10-20)17-22-13-14-23(24(15-22)29-2)30-19-21-11-7-4-8-12-21/h3-15H,16-19H2,1-2H3,(H,26,28)/p+1. The van der Waals surface area contributed by atoms with Crippen molar-refractivity contribution in [1.29, 1.82) is 0 Å². The molecule has 1 amide bonds. The molecule has 2 N–H and O–H groups in total. The van der Waals surface area contributed by atoms with Crippen LogP contribution >= 0.6 is 0 Å². The van der Waals surface area contributed by atoms with Crippen molar-refractivity contribution in [1.82, 2.24) is 5.32 Å². The predicted octanol–water partition coefficient (Wildman–Crippen LogP) is 2.61. The van der Waals surface area contributed by atoms with Crippen LogP contribution in [0.3, 0.4) is 0 Å². The summed E-state index contributed by atoms with van der Waals surface area (Å²) >= 11 is 0. The molecule has 3 aromatic carbocycles. The first-order chi connectivity index (χ1) is 14.6. The first kappa shape index (κ1) is 21.4. The number of quaternary nitrogens is 1. The van der Waals surface area contributed by atoms with Gasteiger partial charge >= 0.3 is 0 Å². The van der Waals surface area contributed by atoms with E-state index in [0.29, 0.717) is 37.7 Å². The third-order valence-corrected chi connectivity index (χ3v) is 4.77. The molecular formula is C25H29N2O3+. The fourth-order valence-electron chi connectivity index (χ4n) is 3.22. The van der Waals surface area contributed by atoms with Crippen LogP contribution in [0.5, 0.6) is 11.5 Å². The molecule has 3 rings (SSSR count). The van der Waals surface area contributed by atoms with Gasteiger partial charge in [-0.3, -0.25) is 4.79 Å². The van der Waals surface area contributed by atoms with Crippen LogP contribution in [-0.2, 0) is 24.5 Å². The summed E-state index contributed by atoms with van der Waals surface area (Å²) in [6.07, 6.45) is 0. The molecule has 0 fully saturated rings. The summed E-state index contributed by atoms with van der Waals surface area (Å²) in [5.41, 5.74) is 3.29. The van der Waals surface area contributed by atoms with E-state index in [4.69, 9.17) is 9.47 Å². The van der Waals surface area contributed by atoms with Gasteiger partial charge in [0.2, 0.25) is 0 Å². The zero-order chi connectivity index (χ0) is 21.2. The Morgan fingerprint density at radius 3 is 2.20 bits per heavy atom. The van der Waals surface area contributed by atoms with E-state index in [1.807, 2.05) is 85.9 Å². The van der Waals surface area contributed by atoms with Crippen molar-refractivity contribution in [2.75, 3.05) is 20.7 Å². The van der Waals surface area contributed by atoms with Crippen molar-refractivity contribution in [3.8, 4) is 11.5 Å². The maximum absolute atomic E-state index is 12.2. The second-order valence-corrected chi connectivity index (χ2v) is 7.33. The quantitative estimate of drug-likeness (QED) is 0.545. The van der Waals surface area contributed by atoms with Gasteiger partial charge in [0.05, 0.1) is 14.2 Å². The van der Waals surface area contributed by atoms with Gasteiger partial charge in [-0.1, -0.05) is 60.7 Å². The van der Waals surface area contributed by atoms with Crippen LogP contribution in [0.2, 0.25) is 0 Å². The van der Waals surface area contributed by atoms with Crippen molar-refractivity contribution >= 4 is 5.91 Å². The smallest absolute Gasteiger partial charge is 0.275 e. The van der Waals surface area contributed by atoms with E-state index in [9.17, 15) is 4.79 Å². The highest BCUT2D eigenvalue weighted by molar-refractivity contribution is 5.76. The molecule has 0 aliphatic rings. The van der Waals surface area contributed by atoms with Crippen molar-refractivity contribution in [2.45, 2.75) is 19.7 Å². The van der Waals surface area contributed by atoms with Gasteiger partial charge in [0.25, 0.3) is 5.91 Å². The molecule has 0 aliphatic heterocycles. The van der Waals surface area contributed by atoms with E-state index in [2.05, 4.69) is 5.32 Å². The molecule has 156 valence electrons. The second kappa shape index (κ2) is 11.0. The van der Waals surface area contributed by atoms with Gasteiger partial charge in [0.1, 0.15) is 13.2 Å². The summed E-state index contributed by atoms with van der Waals surface area (Å²) in [5, 5.41) is 2.98. The molecule has 0 saturated heterocycles. The van der Waals surface area contributed by atoms with Crippen LogP contribution in [0.15, 0.2) is 78.9 Å². The highest BCUT2D eigenvalue weighted by Crippen LogP contribution is 2.28. The summed E-state index contributed by atoms with van der Waals surface area (Å²) in [5.74, 6) is 1.44. The number of nitrogens with one attached hydrogen (secondary N) is 2. The SMILES string of the molecule is COc1cc(C[NH+](C)CC(=O)NCc2ccccc2)ccc1OCc1ccccc1. The van der Waals surface area contributed by atoms with Gasteiger partial charge < -0.3 is 19.7 Å². The maximum atomic E-state index is 12.2. The number of benzene rings is 3. The minimum absolute atomic E-state index is 0.0335. The number of carbonyl (C=O) groups excluding carboxylic acids is 1. The average Bonchev–Trinajstić information content (AvgIpc) is 2.78. The Kier molecular flexibility index (Phi) is 7.86. The van der Waals surface area contributed by atoms with Gasteiger partial charge in [-0.25, -0.2) is 0 Å². The lowest BCUT2D eigenvalue weighted by atomic mass is 10.2.